The number of nitrogens with zero attached hydrogens (tertiary/aromatic N) is 2. The molecule has 9 heteroatoms. The van der Waals surface area contributed by atoms with Crippen LogP contribution in [0.25, 0.3) is 10.9 Å². The molecule has 0 atom stereocenters. The van der Waals surface area contributed by atoms with Crippen LogP contribution < -0.4 is 10.5 Å². The molecule has 0 fully saturated rings. The van der Waals surface area contributed by atoms with E-state index in [-0.39, 0.29) is 11.4 Å². The SMILES string of the molecule is NS(=O)(=O)CCCNc1ccc2cc([N+](=O)[O-])ccc2n1. The Morgan fingerprint density at radius 2 is 2.05 bits per heavy atom. The molecule has 1 aromatic carbocycles. The topological polar surface area (TPSA) is 128 Å². The van der Waals surface area contributed by atoms with Gasteiger partial charge < -0.3 is 5.32 Å². The number of hydrogen-bond donors (Lipinski definition) is 2. The van der Waals surface area contributed by atoms with Crippen molar-refractivity contribution in [1.29, 1.82) is 0 Å². The number of nitrogens with one attached hydrogen (secondary N) is 1. The summed E-state index contributed by atoms with van der Waals surface area (Å²) in [5.74, 6) is 0.477. The summed E-state index contributed by atoms with van der Waals surface area (Å²) in [6, 6.07) is 7.82. The minimum Gasteiger partial charge on any atom is -0.370 e. The van der Waals surface area contributed by atoms with E-state index in [1.807, 2.05) is 0 Å². The number of pyridine rings is 1. The number of nitrogens with two attached hydrogens (primary N) is 1. The number of hydrogen-bond acceptors (Lipinski definition) is 6. The Morgan fingerprint density at radius 3 is 2.71 bits per heavy atom. The maximum atomic E-state index is 10.8. The Morgan fingerprint density at radius 1 is 1.29 bits per heavy atom. The summed E-state index contributed by atoms with van der Waals surface area (Å²) in [4.78, 5) is 14.5. The van der Waals surface area contributed by atoms with Gasteiger partial charge in [0.05, 0.1) is 16.2 Å². The molecule has 0 saturated carbocycles. The van der Waals surface area contributed by atoms with Crippen LogP contribution in [0.15, 0.2) is 30.3 Å². The molecule has 3 N–H and O–H groups in total. The van der Waals surface area contributed by atoms with Crippen molar-refractivity contribution >= 4 is 32.4 Å². The van der Waals surface area contributed by atoms with Gasteiger partial charge in [-0.1, -0.05) is 0 Å². The third-order valence-electron chi connectivity index (χ3n) is 2.80. The van der Waals surface area contributed by atoms with E-state index in [4.69, 9.17) is 5.14 Å². The van der Waals surface area contributed by atoms with Crippen LogP contribution in [0.1, 0.15) is 6.42 Å². The normalized spacial score (nSPS) is 11.5. The second-order valence-corrected chi connectivity index (χ2v) is 6.21. The molecular weight excluding hydrogens is 296 g/mol. The van der Waals surface area contributed by atoms with E-state index in [2.05, 4.69) is 10.3 Å². The first kappa shape index (κ1) is 15.1. The molecular formula is C12H14N4O4S. The molecule has 0 aliphatic carbocycles. The van der Waals surface area contributed by atoms with Crippen LogP contribution in [0.2, 0.25) is 0 Å². The van der Waals surface area contributed by atoms with Crippen LogP contribution in [0.5, 0.6) is 0 Å². The van der Waals surface area contributed by atoms with E-state index in [1.165, 1.54) is 12.1 Å². The fraction of sp³-hybridized carbons (Fsp3) is 0.250. The summed E-state index contributed by atoms with van der Waals surface area (Å²) >= 11 is 0. The highest BCUT2D eigenvalue weighted by Gasteiger charge is 2.07. The van der Waals surface area contributed by atoms with E-state index in [0.29, 0.717) is 29.7 Å². The van der Waals surface area contributed by atoms with Gasteiger partial charge in [-0.25, -0.2) is 18.5 Å². The second-order valence-electron chi connectivity index (χ2n) is 4.48. The zero-order valence-corrected chi connectivity index (χ0v) is 11.8. The zero-order valence-electron chi connectivity index (χ0n) is 11.0. The van der Waals surface area contributed by atoms with Gasteiger partial charge in [-0.15, -0.1) is 0 Å². The van der Waals surface area contributed by atoms with E-state index >= 15 is 0 Å². The largest absolute Gasteiger partial charge is 0.370 e. The third kappa shape index (κ3) is 4.36. The first-order valence-electron chi connectivity index (χ1n) is 6.15. The average Bonchev–Trinajstić information content (AvgIpc) is 2.41. The molecule has 2 aromatic rings. The molecule has 0 radical (unpaired) electrons. The molecule has 0 amide bonds. The molecule has 21 heavy (non-hydrogen) atoms. The Balaban J connectivity index is 2.06. The summed E-state index contributed by atoms with van der Waals surface area (Å²) in [5.41, 5.74) is 0.634. The van der Waals surface area contributed by atoms with Crippen molar-refractivity contribution in [2.45, 2.75) is 6.42 Å². The maximum Gasteiger partial charge on any atom is 0.270 e. The molecule has 0 spiro atoms. The Hall–Kier alpha value is -2.26. The van der Waals surface area contributed by atoms with Gasteiger partial charge in [0.25, 0.3) is 5.69 Å². The quantitative estimate of drug-likeness (QED) is 0.469. The third-order valence-corrected chi connectivity index (χ3v) is 3.65. The molecule has 112 valence electrons. The van der Waals surface area contributed by atoms with E-state index in [0.717, 1.165) is 0 Å². The van der Waals surface area contributed by atoms with Crippen molar-refractivity contribution in [3.05, 3.63) is 40.4 Å². The van der Waals surface area contributed by atoms with Crippen LogP contribution in [-0.2, 0) is 10.0 Å². The lowest BCUT2D eigenvalue weighted by molar-refractivity contribution is -0.384. The van der Waals surface area contributed by atoms with Crippen LogP contribution in [0, 0.1) is 10.1 Å². The van der Waals surface area contributed by atoms with Gasteiger partial charge in [0.15, 0.2) is 0 Å². The number of rotatable bonds is 6. The minimum atomic E-state index is -3.45. The van der Waals surface area contributed by atoms with E-state index in [1.54, 1.807) is 18.2 Å². The van der Waals surface area contributed by atoms with Crippen molar-refractivity contribution in [3.63, 3.8) is 0 Å². The molecule has 0 bridgehead atoms. The van der Waals surface area contributed by atoms with Crippen LogP contribution in [-0.4, -0.2) is 30.6 Å². The van der Waals surface area contributed by atoms with Crippen LogP contribution in [0.4, 0.5) is 11.5 Å². The van der Waals surface area contributed by atoms with Gasteiger partial charge in [-0.3, -0.25) is 10.1 Å². The predicted molar refractivity (Wildman–Crippen MR) is 79.5 cm³/mol. The lowest BCUT2D eigenvalue weighted by Gasteiger charge is -2.06. The van der Waals surface area contributed by atoms with Crippen molar-refractivity contribution in [2.75, 3.05) is 17.6 Å². The molecule has 0 saturated heterocycles. The summed E-state index contributed by atoms with van der Waals surface area (Å²) in [6.07, 6.45) is 0.374. The van der Waals surface area contributed by atoms with Gasteiger partial charge in [0, 0.05) is 24.1 Å². The number of sulfonamides is 1. The summed E-state index contributed by atoms with van der Waals surface area (Å²) < 4.78 is 21.6. The maximum absolute atomic E-state index is 10.8. The Bertz CT molecular complexity index is 776. The summed E-state index contributed by atoms with van der Waals surface area (Å²) in [5, 5.41) is 19.2. The highest BCUT2D eigenvalue weighted by Crippen LogP contribution is 2.20. The monoisotopic (exact) mass is 310 g/mol. The van der Waals surface area contributed by atoms with Crippen molar-refractivity contribution < 1.29 is 13.3 Å². The van der Waals surface area contributed by atoms with E-state index in [9.17, 15) is 18.5 Å². The number of aromatic nitrogens is 1. The summed E-state index contributed by atoms with van der Waals surface area (Å²) in [7, 11) is -3.45. The molecule has 0 unspecified atom stereocenters. The lowest BCUT2D eigenvalue weighted by Crippen LogP contribution is -2.18. The number of benzene rings is 1. The van der Waals surface area contributed by atoms with Crippen molar-refractivity contribution in [1.82, 2.24) is 4.98 Å². The average molecular weight is 310 g/mol. The van der Waals surface area contributed by atoms with Gasteiger partial charge in [0.2, 0.25) is 10.0 Å². The Labute approximate surface area is 121 Å². The predicted octanol–water partition coefficient (Wildman–Crippen LogP) is 1.23. The second kappa shape index (κ2) is 6.02. The van der Waals surface area contributed by atoms with Crippen molar-refractivity contribution in [2.24, 2.45) is 5.14 Å². The van der Waals surface area contributed by atoms with Gasteiger partial charge in [-0.2, -0.15) is 0 Å². The zero-order chi connectivity index (χ0) is 15.5. The number of primary sulfonamides is 1. The lowest BCUT2D eigenvalue weighted by atomic mass is 10.2. The minimum absolute atomic E-state index is 0.0122. The molecule has 8 nitrogen and oxygen atoms in total. The van der Waals surface area contributed by atoms with Gasteiger partial charge in [-0.05, 0) is 24.6 Å². The molecule has 1 aromatic heterocycles. The number of non-ortho nitro benzene ring substituents is 1. The number of anilines is 1. The van der Waals surface area contributed by atoms with Gasteiger partial charge >= 0.3 is 0 Å². The highest BCUT2D eigenvalue weighted by molar-refractivity contribution is 7.89. The smallest absolute Gasteiger partial charge is 0.270 e. The van der Waals surface area contributed by atoms with Crippen molar-refractivity contribution in [3.8, 4) is 0 Å². The Kier molecular flexibility index (Phi) is 4.34. The van der Waals surface area contributed by atoms with Gasteiger partial charge in [0.1, 0.15) is 5.82 Å². The molecule has 0 aliphatic rings. The first-order valence-corrected chi connectivity index (χ1v) is 7.86. The first-order chi connectivity index (χ1) is 9.85. The molecule has 0 aliphatic heterocycles. The highest BCUT2D eigenvalue weighted by atomic mass is 32.2. The number of fused-ring (bicyclic) bond motifs is 1. The number of nitro groups is 1. The fourth-order valence-corrected chi connectivity index (χ4v) is 2.36. The standard InChI is InChI=1S/C12H14N4O4S/c13-21(19,20)7-1-6-14-12-5-2-9-8-10(16(17)18)3-4-11(9)15-12/h2-5,8H,1,6-7H2,(H,14,15)(H2,13,19,20). The number of nitro benzene ring substituents is 1. The van der Waals surface area contributed by atoms with E-state index < -0.39 is 14.9 Å². The van der Waals surface area contributed by atoms with Crippen LogP contribution >= 0.6 is 0 Å². The molecule has 1 heterocycles. The fourth-order valence-electron chi connectivity index (χ4n) is 1.81. The molecule has 2 rings (SSSR count). The summed E-state index contributed by atoms with van der Waals surface area (Å²) in [6.45, 7) is 0.419. The van der Waals surface area contributed by atoms with Crippen LogP contribution in [0.3, 0.4) is 0 Å².